The van der Waals surface area contributed by atoms with Crippen molar-refractivity contribution in [1.29, 1.82) is 0 Å². The number of carbonyl (C=O) groups is 1. The van der Waals surface area contributed by atoms with Crippen molar-refractivity contribution in [2.45, 2.75) is 6.92 Å². The fourth-order valence-corrected chi connectivity index (χ4v) is 4.69. The van der Waals surface area contributed by atoms with Gasteiger partial charge in [-0.3, -0.25) is 14.9 Å². The molecule has 5 rings (SSSR count). The molecule has 2 heterocycles. The number of halogens is 1. The number of anilines is 1. The summed E-state index contributed by atoms with van der Waals surface area (Å²) in [5, 5.41) is 5.44. The largest absolute Gasteiger partial charge is 0.331 e. The van der Waals surface area contributed by atoms with Gasteiger partial charge in [-0.05, 0) is 55.0 Å². The molecule has 0 unspecified atom stereocenters. The Kier molecular flexibility index (Phi) is 5.64. The molecule has 6 nitrogen and oxygen atoms in total. The molecule has 2 N–H and O–H groups in total. The number of para-hydroxylation sites is 1. The van der Waals surface area contributed by atoms with Crippen LogP contribution in [0.2, 0.25) is 0 Å². The first-order valence-electron chi connectivity index (χ1n) is 10.3. The number of nitrogens with one attached hydrogen (secondary N) is 2. The van der Waals surface area contributed by atoms with E-state index in [1.54, 1.807) is 12.1 Å². The first-order chi connectivity index (χ1) is 16.4. The summed E-state index contributed by atoms with van der Waals surface area (Å²) in [6.45, 7) is 2.01. The number of hydrogen-bond donors (Lipinski definition) is 2. The summed E-state index contributed by atoms with van der Waals surface area (Å²) in [6, 6.07) is 18.4. The Morgan fingerprint density at radius 3 is 2.68 bits per heavy atom. The van der Waals surface area contributed by atoms with E-state index in [4.69, 9.17) is 12.2 Å². The Morgan fingerprint density at radius 1 is 1.12 bits per heavy atom. The summed E-state index contributed by atoms with van der Waals surface area (Å²) in [5.74, 6) is -0.932. The lowest BCUT2D eigenvalue weighted by atomic mass is 10.1. The first kappa shape index (κ1) is 21.9. The molecule has 0 saturated heterocycles. The molecule has 5 aromatic rings. The number of carbonyl (C=O) groups excluding carboxylic acids is 1. The van der Waals surface area contributed by atoms with Crippen molar-refractivity contribution in [2.24, 2.45) is 0 Å². The summed E-state index contributed by atoms with van der Waals surface area (Å²) in [6.07, 6.45) is 0. The van der Waals surface area contributed by atoms with Crippen LogP contribution in [0, 0.1) is 17.5 Å². The second-order valence-electron chi connectivity index (χ2n) is 7.59. The van der Waals surface area contributed by atoms with Gasteiger partial charge in [0, 0.05) is 16.5 Å². The number of nitrogens with zero attached hydrogens (tertiary/aromatic N) is 2. The molecular weight excluding hydrogens is 471 g/mol. The van der Waals surface area contributed by atoms with Crippen LogP contribution in [0.5, 0.6) is 0 Å². The molecule has 0 bridgehead atoms. The van der Waals surface area contributed by atoms with Gasteiger partial charge in [-0.1, -0.05) is 36.4 Å². The van der Waals surface area contributed by atoms with E-state index >= 15 is 0 Å². The summed E-state index contributed by atoms with van der Waals surface area (Å²) >= 11 is 6.64. The van der Waals surface area contributed by atoms with Crippen molar-refractivity contribution in [2.75, 3.05) is 5.32 Å². The molecule has 0 fully saturated rings. The van der Waals surface area contributed by atoms with Crippen LogP contribution in [0.3, 0.4) is 0 Å². The number of aryl methyl sites for hydroxylation is 1. The molecule has 168 valence electrons. The lowest BCUT2D eigenvalue weighted by molar-refractivity contribution is 0.102. The number of rotatable bonds is 4. The molecule has 0 saturated carbocycles. The molecule has 9 heteroatoms. The monoisotopic (exact) mass is 488 g/mol. The van der Waals surface area contributed by atoms with Gasteiger partial charge in [0.2, 0.25) is 0 Å². The second-order valence-corrected chi connectivity index (χ2v) is 8.83. The Balaban J connectivity index is 1.46. The zero-order valence-corrected chi connectivity index (χ0v) is 19.5. The maximum atomic E-state index is 14.3. The van der Waals surface area contributed by atoms with Crippen molar-refractivity contribution in [3.05, 3.63) is 104 Å². The minimum Gasteiger partial charge on any atom is -0.331 e. The third-order valence-electron chi connectivity index (χ3n) is 5.40. The Bertz CT molecular complexity index is 1690. The number of H-pyrrole nitrogens is 1. The van der Waals surface area contributed by atoms with E-state index < -0.39 is 11.4 Å². The minimum absolute atomic E-state index is 0.0305. The highest BCUT2D eigenvalue weighted by atomic mass is 32.1. The van der Waals surface area contributed by atoms with Gasteiger partial charge in [0.05, 0.1) is 22.3 Å². The van der Waals surface area contributed by atoms with Crippen molar-refractivity contribution >= 4 is 45.5 Å². The average Bonchev–Trinajstić information content (AvgIpc) is 3.28. The fraction of sp³-hybridized carbons (Fsp3) is 0.0400. The minimum atomic E-state index is -0.562. The number of amides is 1. The van der Waals surface area contributed by atoms with E-state index in [0.29, 0.717) is 16.2 Å². The molecule has 34 heavy (non-hydrogen) atoms. The number of benzene rings is 3. The summed E-state index contributed by atoms with van der Waals surface area (Å²) in [5.41, 5.74) is 3.18. The van der Waals surface area contributed by atoms with Crippen LogP contribution in [0.15, 0.2) is 76.9 Å². The Morgan fingerprint density at radius 2 is 1.88 bits per heavy atom. The van der Waals surface area contributed by atoms with E-state index in [0.717, 1.165) is 21.4 Å². The maximum Gasteiger partial charge on any atom is 0.266 e. The quantitative estimate of drug-likeness (QED) is 0.310. The number of thiazole rings is 1. The van der Waals surface area contributed by atoms with Crippen LogP contribution >= 0.6 is 23.6 Å². The van der Waals surface area contributed by atoms with Gasteiger partial charge in [0.25, 0.3) is 11.5 Å². The number of hydrogen-bond acceptors (Lipinski definition) is 5. The lowest BCUT2D eigenvalue weighted by Gasteiger charge is -2.10. The van der Waals surface area contributed by atoms with E-state index in [1.807, 2.05) is 36.6 Å². The molecule has 0 aliphatic heterocycles. The molecule has 0 aliphatic rings. The summed E-state index contributed by atoms with van der Waals surface area (Å²) in [4.78, 5) is 33.4. The van der Waals surface area contributed by atoms with Crippen LogP contribution in [-0.4, -0.2) is 20.4 Å². The maximum absolute atomic E-state index is 14.3. The van der Waals surface area contributed by atoms with Crippen LogP contribution < -0.4 is 10.9 Å². The normalized spacial score (nSPS) is 11.0. The Hall–Kier alpha value is -3.95. The smallest absolute Gasteiger partial charge is 0.266 e. The average molecular weight is 489 g/mol. The number of aromatic amines is 1. The predicted octanol–water partition coefficient (Wildman–Crippen LogP) is 5.87. The highest BCUT2D eigenvalue weighted by Gasteiger charge is 2.15. The molecular formula is C25H17FN4O2S2. The number of aromatic nitrogens is 3. The van der Waals surface area contributed by atoms with E-state index in [1.165, 1.54) is 41.7 Å². The Labute approximate surface area is 202 Å². The highest BCUT2D eigenvalue weighted by molar-refractivity contribution is 7.71. The zero-order chi connectivity index (χ0) is 23.8. The molecule has 0 atom stereocenters. The van der Waals surface area contributed by atoms with Gasteiger partial charge in [0.15, 0.2) is 9.90 Å². The van der Waals surface area contributed by atoms with Gasteiger partial charge in [-0.15, -0.1) is 11.3 Å². The van der Waals surface area contributed by atoms with Crippen LogP contribution in [-0.2, 0) is 0 Å². The SMILES string of the molecule is Cc1ccccc1-c1csc(NC(=O)c2ccc3c(=O)n(-c4ccccc4F)c(=S)[nH]c3c2)n1. The van der Waals surface area contributed by atoms with E-state index in [-0.39, 0.29) is 21.8 Å². The molecule has 0 aliphatic carbocycles. The van der Waals surface area contributed by atoms with Gasteiger partial charge in [0.1, 0.15) is 5.82 Å². The third-order valence-corrected chi connectivity index (χ3v) is 6.44. The van der Waals surface area contributed by atoms with Gasteiger partial charge >= 0.3 is 0 Å². The molecule has 0 radical (unpaired) electrons. The summed E-state index contributed by atoms with van der Waals surface area (Å²) in [7, 11) is 0. The molecule has 1 amide bonds. The topological polar surface area (TPSA) is 79.8 Å². The van der Waals surface area contributed by atoms with Crippen LogP contribution in [0.4, 0.5) is 9.52 Å². The highest BCUT2D eigenvalue weighted by Crippen LogP contribution is 2.27. The van der Waals surface area contributed by atoms with Gasteiger partial charge < -0.3 is 4.98 Å². The molecule has 0 spiro atoms. The van der Waals surface area contributed by atoms with E-state index in [2.05, 4.69) is 15.3 Å². The van der Waals surface area contributed by atoms with Gasteiger partial charge in [-0.25, -0.2) is 13.9 Å². The second kappa shape index (κ2) is 8.77. The van der Waals surface area contributed by atoms with Crippen molar-refractivity contribution in [3.63, 3.8) is 0 Å². The first-order valence-corrected chi connectivity index (χ1v) is 11.6. The van der Waals surface area contributed by atoms with Crippen molar-refractivity contribution < 1.29 is 9.18 Å². The van der Waals surface area contributed by atoms with Crippen LogP contribution in [0.25, 0.3) is 27.8 Å². The number of fused-ring (bicyclic) bond motifs is 1. The van der Waals surface area contributed by atoms with E-state index in [9.17, 15) is 14.0 Å². The van der Waals surface area contributed by atoms with Crippen molar-refractivity contribution in [3.8, 4) is 16.9 Å². The predicted molar refractivity (Wildman–Crippen MR) is 135 cm³/mol. The van der Waals surface area contributed by atoms with Gasteiger partial charge in [-0.2, -0.15) is 0 Å². The lowest BCUT2D eigenvalue weighted by Crippen LogP contribution is -2.22. The molecule has 3 aromatic carbocycles. The van der Waals surface area contributed by atoms with Crippen molar-refractivity contribution in [1.82, 2.24) is 14.5 Å². The third kappa shape index (κ3) is 3.95. The summed E-state index contributed by atoms with van der Waals surface area (Å²) < 4.78 is 15.4. The zero-order valence-electron chi connectivity index (χ0n) is 17.8. The van der Waals surface area contributed by atoms with Crippen LogP contribution in [0.1, 0.15) is 15.9 Å². The standard InChI is InChI=1S/C25H17FN4O2S2/c1-14-6-2-3-7-16(14)20-13-34-24(27-20)29-22(31)15-10-11-17-19(12-15)28-25(33)30(23(17)32)21-9-5-4-8-18(21)26/h2-13H,1H3,(H,28,33)(H,27,29,31). The molecule has 2 aromatic heterocycles. The fourth-order valence-electron chi connectivity index (χ4n) is 3.70.